The van der Waals surface area contributed by atoms with Crippen LogP contribution in [0.2, 0.25) is 0 Å². The van der Waals surface area contributed by atoms with Crippen molar-refractivity contribution in [2.24, 2.45) is 23.2 Å². The number of hydrogen-bond acceptors (Lipinski definition) is 3. The number of urea groups is 1. The maximum atomic E-state index is 13.1. The third kappa shape index (κ3) is 4.20. The first-order chi connectivity index (χ1) is 14.8. The number of ketones is 1. The quantitative estimate of drug-likeness (QED) is 0.640. The van der Waals surface area contributed by atoms with Crippen LogP contribution in [-0.2, 0) is 11.2 Å². The molecule has 3 aliphatic rings. The summed E-state index contributed by atoms with van der Waals surface area (Å²) in [4.78, 5) is 25.0. The molecule has 0 unspecified atom stereocenters. The lowest BCUT2D eigenvalue weighted by Crippen LogP contribution is -2.44. The third-order valence-electron chi connectivity index (χ3n) is 8.23. The second-order valence-electron chi connectivity index (χ2n) is 10.4. The first-order valence-electron chi connectivity index (χ1n) is 12.1. The van der Waals surface area contributed by atoms with Gasteiger partial charge in [-0.25, -0.2) is 4.79 Å². The van der Waals surface area contributed by atoms with Gasteiger partial charge in [-0.15, -0.1) is 0 Å². The van der Waals surface area contributed by atoms with Gasteiger partial charge in [-0.1, -0.05) is 13.0 Å². The number of carbonyl (C=O) groups excluding carboxylic acids is 2. The second kappa shape index (κ2) is 8.84. The van der Waals surface area contributed by atoms with Gasteiger partial charge < -0.3 is 15.4 Å². The number of hydrogen-bond donors (Lipinski definition) is 2. The van der Waals surface area contributed by atoms with Gasteiger partial charge in [-0.3, -0.25) is 4.79 Å². The van der Waals surface area contributed by atoms with Crippen molar-refractivity contribution >= 4 is 11.8 Å². The Labute approximate surface area is 186 Å². The maximum absolute atomic E-state index is 13.1. The molecular formula is C26H38N2O3. The Morgan fingerprint density at radius 3 is 2.84 bits per heavy atom. The van der Waals surface area contributed by atoms with Gasteiger partial charge in [0.2, 0.25) is 0 Å². The van der Waals surface area contributed by atoms with Crippen molar-refractivity contribution in [2.45, 2.75) is 77.7 Å². The minimum Gasteiger partial charge on any atom is -0.497 e. The van der Waals surface area contributed by atoms with Gasteiger partial charge in [-0.2, -0.15) is 0 Å². The summed E-state index contributed by atoms with van der Waals surface area (Å²) in [6, 6.07) is 6.63. The number of methoxy groups -OCH3 is 1. The highest BCUT2D eigenvalue weighted by molar-refractivity contribution is 5.87. The Morgan fingerprint density at radius 2 is 2.10 bits per heavy atom. The molecule has 2 N–H and O–H groups in total. The number of Topliss-reactive ketones (excluding diaryl/α,β-unsaturated/α-hetero) is 1. The molecule has 3 aliphatic carbocycles. The van der Waals surface area contributed by atoms with Gasteiger partial charge in [0.1, 0.15) is 11.5 Å². The Morgan fingerprint density at radius 1 is 1.29 bits per heavy atom. The predicted molar refractivity (Wildman–Crippen MR) is 122 cm³/mol. The zero-order valence-corrected chi connectivity index (χ0v) is 19.5. The van der Waals surface area contributed by atoms with Crippen LogP contribution < -0.4 is 15.4 Å². The molecule has 0 saturated heterocycles. The molecule has 5 atom stereocenters. The lowest BCUT2D eigenvalue weighted by molar-refractivity contribution is -0.129. The molecule has 2 amide bonds. The van der Waals surface area contributed by atoms with Crippen LogP contribution >= 0.6 is 0 Å². The normalized spacial score (nSPS) is 31.6. The van der Waals surface area contributed by atoms with Gasteiger partial charge in [0.15, 0.2) is 0 Å². The van der Waals surface area contributed by atoms with Crippen molar-refractivity contribution < 1.29 is 14.3 Å². The Bertz CT molecular complexity index is 836. The fraction of sp³-hybridized carbons (Fsp3) is 0.692. The van der Waals surface area contributed by atoms with E-state index in [0.717, 1.165) is 44.3 Å². The zero-order valence-electron chi connectivity index (χ0n) is 19.5. The number of benzene rings is 1. The summed E-state index contributed by atoms with van der Waals surface area (Å²) in [5, 5.41) is 5.84. The van der Waals surface area contributed by atoms with Crippen molar-refractivity contribution in [3.05, 3.63) is 29.3 Å². The molecular weight excluding hydrogens is 388 g/mol. The number of ether oxygens (including phenoxy) is 1. The SMILES string of the molecule is COc1ccc2c(c1)CC[C@H]1[C@@H]3[C@H](CCCNC(=O)NC(C)C)CC(=O)[C@@]3(C)CC[C@H]21. The van der Waals surface area contributed by atoms with Crippen molar-refractivity contribution in [3.63, 3.8) is 0 Å². The minimum absolute atomic E-state index is 0.0978. The number of nitrogens with one attached hydrogen (secondary N) is 2. The monoisotopic (exact) mass is 426 g/mol. The van der Waals surface area contributed by atoms with E-state index < -0.39 is 0 Å². The summed E-state index contributed by atoms with van der Waals surface area (Å²) >= 11 is 0. The molecule has 0 radical (unpaired) electrons. The van der Waals surface area contributed by atoms with E-state index in [1.54, 1.807) is 7.11 Å². The molecule has 1 aromatic carbocycles. The van der Waals surface area contributed by atoms with Crippen molar-refractivity contribution in [2.75, 3.05) is 13.7 Å². The summed E-state index contributed by atoms with van der Waals surface area (Å²) in [5.41, 5.74) is 2.77. The lowest BCUT2D eigenvalue weighted by atomic mass is 9.54. The molecule has 0 heterocycles. The van der Waals surface area contributed by atoms with Gasteiger partial charge in [-0.05, 0) is 99.3 Å². The van der Waals surface area contributed by atoms with Crippen LogP contribution in [0, 0.1) is 23.2 Å². The van der Waals surface area contributed by atoms with Gasteiger partial charge in [0.05, 0.1) is 7.11 Å². The topological polar surface area (TPSA) is 67.4 Å². The lowest BCUT2D eigenvalue weighted by Gasteiger charge is -2.50. The number of carbonyl (C=O) groups is 2. The van der Waals surface area contributed by atoms with Crippen LogP contribution in [0.3, 0.4) is 0 Å². The number of amides is 2. The smallest absolute Gasteiger partial charge is 0.314 e. The predicted octanol–water partition coefficient (Wildman–Crippen LogP) is 4.83. The zero-order chi connectivity index (χ0) is 22.2. The third-order valence-corrected chi connectivity index (χ3v) is 8.23. The Kier molecular flexibility index (Phi) is 6.32. The largest absolute Gasteiger partial charge is 0.497 e. The molecule has 2 saturated carbocycles. The van der Waals surface area contributed by atoms with E-state index in [2.05, 4.69) is 35.8 Å². The summed E-state index contributed by atoms with van der Waals surface area (Å²) in [7, 11) is 1.73. The standard InChI is InChI=1S/C26H38N2O3/c1-16(2)28-25(30)27-13-5-6-18-15-23(29)26(3)12-11-21-20-10-8-19(31-4)14-17(20)7-9-22(21)24(18)26/h8,10,14,16,18,21-22,24H,5-7,9,11-13,15H2,1-4H3,(H2,27,28,30)/t18-,21-,22-,24+,26-/m1/s1. The first-order valence-corrected chi connectivity index (χ1v) is 12.1. The Balaban J connectivity index is 1.45. The minimum atomic E-state index is -0.155. The summed E-state index contributed by atoms with van der Waals surface area (Å²) < 4.78 is 5.45. The second-order valence-corrected chi connectivity index (χ2v) is 10.4. The molecule has 0 spiro atoms. The fourth-order valence-corrected chi connectivity index (χ4v) is 6.89. The number of aryl methyl sites for hydroxylation is 1. The molecule has 5 nitrogen and oxygen atoms in total. The van der Waals surface area contributed by atoms with E-state index >= 15 is 0 Å². The van der Waals surface area contributed by atoms with Crippen LogP contribution in [0.4, 0.5) is 4.79 Å². The highest BCUT2D eigenvalue weighted by Crippen LogP contribution is 2.62. The molecule has 4 rings (SSSR count). The van der Waals surface area contributed by atoms with Crippen molar-refractivity contribution in [3.8, 4) is 5.75 Å². The van der Waals surface area contributed by atoms with Crippen LogP contribution in [0.25, 0.3) is 0 Å². The van der Waals surface area contributed by atoms with E-state index in [0.29, 0.717) is 36.0 Å². The van der Waals surface area contributed by atoms with Gasteiger partial charge >= 0.3 is 6.03 Å². The van der Waals surface area contributed by atoms with Crippen LogP contribution in [-0.4, -0.2) is 31.5 Å². The van der Waals surface area contributed by atoms with E-state index in [4.69, 9.17) is 4.74 Å². The van der Waals surface area contributed by atoms with Crippen molar-refractivity contribution in [1.29, 1.82) is 0 Å². The average molecular weight is 427 g/mol. The van der Waals surface area contributed by atoms with E-state index in [-0.39, 0.29) is 17.5 Å². The van der Waals surface area contributed by atoms with E-state index in [9.17, 15) is 9.59 Å². The summed E-state index contributed by atoms with van der Waals surface area (Å²) in [5.74, 6) is 3.50. The fourth-order valence-electron chi connectivity index (χ4n) is 6.89. The van der Waals surface area contributed by atoms with E-state index in [1.807, 2.05) is 13.8 Å². The molecule has 31 heavy (non-hydrogen) atoms. The van der Waals surface area contributed by atoms with Gasteiger partial charge in [0.25, 0.3) is 0 Å². The maximum Gasteiger partial charge on any atom is 0.314 e. The van der Waals surface area contributed by atoms with Crippen molar-refractivity contribution in [1.82, 2.24) is 10.6 Å². The molecule has 170 valence electrons. The summed E-state index contributed by atoms with van der Waals surface area (Å²) in [6.07, 6.45) is 7.05. The molecule has 0 aromatic heterocycles. The molecule has 2 fully saturated rings. The first kappa shape index (κ1) is 22.2. The van der Waals surface area contributed by atoms with E-state index in [1.165, 1.54) is 17.5 Å². The highest BCUT2D eigenvalue weighted by Gasteiger charge is 2.58. The van der Waals surface area contributed by atoms with Crippen LogP contribution in [0.15, 0.2) is 18.2 Å². The molecule has 0 bridgehead atoms. The van der Waals surface area contributed by atoms with Crippen LogP contribution in [0.5, 0.6) is 5.75 Å². The molecule has 0 aliphatic heterocycles. The Hall–Kier alpha value is -2.04. The number of rotatable bonds is 6. The molecule has 5 heteroatoms. The summed E-state index contributed by atoms with van der Waals surface area (Å²) in [6.45, 7) is 6.84. The van der Waals surface area contributed by atoms with Gasteiger partial charge in [0, 0.05) is 24.4 Å². The average Bonchev–Trinajstić information content (AvgIpc) is 3.00. The molecule has 1 aromatic rings. The van der Waals surface area contributed by atoms with Crippen LogP contribution in [0.1, 0.15) is 76.3 Å². The highest BCUT2D eigenvalue weighted by atomic mass is 16.5. The number of fused-ring (bicyclic) bond motifs is 5.